The number of halogens is 1. The van der Waals surface area contributed by atoms with Crippen LogP contribution in [-0.2, 0) is 4.74 Å². The van der Waals surface area contributed by atoms with Gasteiger partial charge in [-0.1, -0.05) is 72.3 Å². The number of nitrogens with one attached hydrogen (secondary N) is 1. The number of morpholine rings is 1. The zero-order valence-electron chi connectivity index (χ0n) is 16.6. The highest BCUT2D eigenvalue weighted by Crippen LogP contribution is 2.38. The van der Waals surface area contributed by atoms with E-state index in [0.717, 1.165) is 59.0 Å². The Hall–Kier alpha value is -2.79. The van der Waals surface area contributed by atoms with Crippen LogP contribution >= 0.6 is 11.6 Å². The standard InChI is InChI=1S/C25H23ClN2O2/c26-20-12-10-19(11-13-20)24(27-14-16-30-17-15-27)23-21-8-4-5-9-22(21)28(29)25(23)18-6-2-1-3-7-18/h1-13,24,29H,14-17H2/p+1. The summed E-state index contributed by atoms with van der Waals surface area (Å²) < 4.78 is 7.00. The highest BCUT2D eigenvalue weighted by molar-refractivity contribution is 6.30. The molecular weight excluding hydrogens is 396 g/mol. The van der Waals surface area contributed by atoms with Crippen LogP contribution in [0.25, 0.3) is 22.2 Å². The van der Waals surface area contributed by atoms with Gasteiger partial charge in [0.1, 0.15) is 19.1 Å². The van der Waals surface area contributed by atoms with Gasteiger partial charge in [-0.15, -0.1) is 0 Å². The summed E-state index contributed by atoms with van der Waals surface area (Å²) in [4.78, 5) is 1.43. The fourth-order valence-electron chi connectivity index (χ4n) is 4.60. The molecule has 5 heteroatoms. The minimum atomic E-state index is 0.0553. The van der Waals surface area contributed by atoms with Crippen LogP contribution in [0.15, 0.2) is 78.9 Å². The van der Waals surface area contributed by atoms with Gasteiger partial charge in [-0.2, -0.15) is 4.73 Å². The second-order valence-corrected chi connectivity index (χ2v) is 8.15. The molecule has 2 heterocycles. The molecule has 0 amide bonds. The molecule has 0 saturated carbocycles. The predicted molar refractivity (Wildman–Crippen MR) is 119 cm³/mol. The first kappa shape index (κ1) is 19.2. The normalized spacial score (nSPS) is 16.0. The molecular formula is C25H24ClN2O2+. The van der Waals surface area contributed by atoms with Gasteiger partial charge in [-0.25, -0.2) is 0 Å². The zero-order chi connectivity index (χ0) is 20.5. The topological polar surface area (TPSA) is 38.8 Å². The second kappa shape index (κ2) is 8.15. The molecule has 4 aromatic rings. The average molecular weight is 420 g/mol. The van der Waals surface area contributed by atoms with E-state index < -0.39 is 0 Å². The number of benzene rings is 3. The van der Waals surface area contributed by atoms with E-state index in [0.29, 0.717) is 0 Å². The van der Waals surface area contributed by atoms with Crippen LogP contribution in [0, 0.1) is 0 Å². The predicted octanol–water partition coefficient (Wildman–Crippen LogP) is 4.20. The molecule has 1 fully saturated rings. The second-order valence-electron chi connectivity index (χ2n) is 7.71. The van der Waals surface area contributed by atoms with E-state index in [9.17, 15) is 5.21 Å². The van der Waals surface area contributed by atoms with Crippen LogP contribution in [0.1, 0.15) is 17.2 Å². The van der Waals surface area contributed by atoms with Gasteiger partial charge in [0.25, 0.3) is 0 Å². The maximum atomic E-state index is 11.2. The lowest BCUT2D eigenvalue weighted by Gasteiger charge is -2.32. The summed E-state index contributed by atoms with van der Waals surface area (Å²) in [7, 11) is 0. The maximum Gasteiger partial charge on any atom is 0.142 e. The summed E-state index contributed by atoms with van der Waals surface area (Å²) in [5.41, 5.74) is 4.98. The summed E-state index contributed by atoms with van der Waals surface area (Å²) in [5.74, 6) is 0. The van der Waals surface area contributed by atoms with Crippen LogP contribution in [0.2, 0.25) is 5.02 Å². The quantitative estimate of drug-likeness (QED) is 0.486. The Bertz CT molecular complexity index is 1150. The molecule has 0 radical (unpaired) electrons. The fraction of sp³-hybridized carbons (Fsp3) is 0.200. The lowest BCUT2D eigenvalue weighted by Crippen LogP contribution is -3.14. The Kier molecular flexibility index (Phi) is 5.21. The van der Waals surface area contributed by atoms with Crippen LogP contribution < -0.4 is 4.90 Å². The van der Waals surface area contributed by atoms with Gasteiger partial charge in [0.15, 0.2) is 0 Å². The number of ether oxygens (including phenoxy) is 1. The Morgan fingerprint density at radius 2 is 1.53 bits per heavy atom. The molecule has 1 aliphatic rings. The molecule has 4 nitrogen and oxygen atoms in total. The molecule has 1 atom stereocenters. The lowest BCUT2D eigenvalue weighted by atomic mass is 9.92. The van der Waals surface area contributed by atoms with E-state index in [1.807, 2.05) is 48.5 Å². The summed E-state index contributed by atoms with van der Waals surface area (Å²) >= 11 is 6.20. The zero-order valence-corrected chi connectivity index (χ0v) is 17.3. The highest BCUT2D eigenvalue weighted by Gasteiger charge is 2.34. The van der Waals surface area contributed by atoms with Crippen molar-refractivity contribution in [1.29, 1.82) is 0 Å². The van der Waals surface area contributed by atoms with Crippen molar-refractivity contribution in [2.75, 3.05) is 26.3 Å². The van der Waals surface area contributed by atoms with E-state index in [4.69, 9.17) is 16.3 Å². The highest BCUT2D eigenvalue weighted by atomic mass is 35.5. The molecule has 0 spiro atoms. The van der Waals surface area contributed by atoms with Crippen molar-refractivity contribution in [1.82, 2.24) is 4.73 Å². The van der Waals surface area contributed by atoms with E-state index >= 15 is 0 Å². The van der Waals surface area contributed by atoms with Crippen LogP contribution in [0.5, 0.6) is 0 Å². The first-order valence-electron chi connectivity index (χ1n) is 10.3. The molecule has 0 bridgehead atoms. The maximum absolute atomic E-state index is 11.2. The molecule has 0 aliphatic carbocycles. The van der Waals surface area contributed by atoms with Gasteiger partial charge in [0.05, 0.1) is 30.0 Å². The molecule has 2 N–H and O–H groups in total. The third-order valence-electron chi connectivity index (χ3n) is 5.97. The van der Waals surface area contributed by atoms with Gasteiger partial charge < -0.3 is 14.8 Å². The van der Waals surface area contributed by atoms with Crippen molar-refractivity contribution >= 4 is 22.5 Å². The largest absolute Gasteiger partial charge is 0.428 e. The minimum absolute atomic E-state index is 0.0553. The minimum Gasteiger partial charge on any atom is -0.428 e. The number of aromatic nitrogens is 1. The Morgan fingerprint density at radius 1 is 0.867 bits per heavy atom. The van der Waals surface area contributed by atoms with Crippen LogP contribution in [0.4, 0.5) is 0 Å². The van der Waals surface area contributed by atoms with Crippen molar-refractivity contribution in [3.05, 3.63) is 95.0 Å². The summed E-state index contributed by atoms with van der Waals surface area (Å²) in [6, 6.07) is 26.4. The number of hydrogen-bond acceptors (Lipinski definition) is 2. The lowest BCUT2D eigenvalue weighted by molar-refractivity contribution is -0.932. The Labute approximate surface area is 180 Å². The Morgan fingerprint density at radius 3 is 2.27 bits per heavy atom. The molecule has 1 aliphatic heterocycles. The summed E-state index contributed by atoms with van der Waals surface area (Å²) in [5, 5.41) is 13.0. The van der Waals surface area contributed by atoms with Gasteiger partial charge in [0.2, 0.25) is 0 Å². The van der Waals surface area contributed by atoms with Crippen molar-refractivity contribution in [2.45, 2.75) is 6.04 Å². The summed E-state index contributed by atoms with van der Waals surface area (Å²) in [6.07, 6.45) is 0. The van der Waals surface area contributed by atoms with E-state index in [1.165, 1.54) is 15.2 Å². The van der Waals surface area contributed by atoms with Crippen LogP contribution in [-0.4, -0.2) is 36.2 Å². The average Bonchev–Trinajstić information content (AvgIpc) is 3.09. The van der Waals surface area contributed by atoms with Crippen molar-refractivity contribution in [3.63, 3.8) is 0 Å². The molecule has 152 valence electrons. The first-order valence-corrected chi connectivity index (χ1v) is 10.7. The number of nitrogens with zero attached hydrogens (tertiary/aromatic N) is 1. The monoisotopic (exact) mass is 419 g/mol. The van der Waals surface area contributed by atoms with Crippen molar-refractivity contribution in [2.24, 2.45) is 0 Å². The number of quaternary nitrogens is 1. The Balaban J connectivity index is 1.80. The molecule has 3 aromatic carbocycles. The van der Waals surface area contributed by atoms with Crippen molar-refractivity contribution < 1.29 is 14.8 Å². The molecule has 1 saturated heterocycles. The smallest absolute Gasteiger partial charge is 0.142 e. The van der Waals surface area contributed by atoms with Crippen LogP contribution in [0.3, 0.4) is 0 Å². The third-order valence-corrected chi connectivity index (χ3v) is 6.22. The van der Waals surface area contributed by atoms with E-state index in [1.54, 1.807) is 0 Å². The molecule has 5 rings (SSSR count). The third kappa shape index (κ3) is 3.37. The number of fused-ring (bicyclic) bond motifs is 1. The van der Waals surface area contributed by atoms with E-state index in [2.05, 4.69) is 30.3 Å². The fourth-order valence-corrected chi connectivity index (χ4v) is 4.72. The van der Waals surface area contributed by atoms with Gasteiger partial charge in [-0.05, 0) is 18.2 Å². The number of para-hydroxylation sites is 1. The molecule has 30 heavy (non-hydrogen) atoms. The first-order chi connectivity index (χ1) is 14.7. The van der Waals surface area contributed by atoms with E-state index in [-0.39, 0.29) is 6.04 Å². The van der Waals surface area contributed by atoms with Gasteiger partial charge in [-0.3, -0.25) is 0 Å². The molecule has 1 aromatic heterocycles. The van der Waals surface area contributed by atoms with Gasteiger partial charge >= 0.3 is 0 Å². The van der Waals surface area contributed by atoms with Gasteiger partial charge in [0, 0.05) is 21.5 Å². The number of hydrogen-bond donors (Lipinski definition) is 2. The number of rotatable bonds is 4. The SMILES string of the molecule is On1c(-c2ccccc2)c(C(c2ccc(Cl)cc2)[NH+]2CCOCC2)c2ccccc21. The summed E-state index contributed by atoms with van der Waals surface area (Å²) in [6.45, 7) is 3.29. The molecule has 1 unspecified atom stereocenters. The van der Waals surface area contributed by atoms with Crippen molar-refractivity contribution in [3.8, 4) is 11.3 Å².